The van der Waals surface area contributed by atoms with Crippen molar-refractivity contribution in [1.82, 2.24) is 0 Å². The third-order valence-electron chi connectivity index (χ3n) is 1.91. The molecule has 65 valence electrons. The highest BCUT2D eigenvalue weighted by Crippen LogP contribution is 2.12. The number of hydrogen-bond donors (Lipinski definition) is 0. The average molecular weight is 165 g/mol. The average Bonchev–Trinajstić information content (AvgIpc) is 2.07. The third kappa shape index (κ3) is 2.33. The second-order valence-electron chi connectivity index (χ2n) is 3.03. The van der Waals surface area contributed by atoms with Crippen molar-refractivity contribution in [1.29, 1.82) is 0 Å². The maximum absolute atomic E-state index is 13.1. The number of benzene rings is 1. The summed E-state index contributed by atoms with van der Waals surface area (Å²) in [6, 6.07) is 5.02. The van der Waals surface area contributed by atoms with E-state index in [1.807, 2.05) is 6.07 Å². The van der Waals surface area contributed by atoms with Crippen LogP contribution in [-0.4, -0.2) is 0 Å². The molecule has 12 heavy (non-hydrogen) atoms. The molecular formula is C11H14F. The van der Waals surface area contributed by atoms with Crippen molar-refractivity contribution in [2.75, 3.05) is 0 Å². The predicted molar refractivity (Wildman–Crippen MR) is 49.5 cm³/mol. The molecular weight excluding hydrogens is 151 g/mol. The van der Waals surface area contributed by atoms with Crippen LogP contribution in [0.15, 0.2) is 18.2 Å². The van der Waals surface area contributed by atoms with Crippen molar-refractivity contribution in [2.24, 2.45) is 0 Å². The van der Waals surface area contributed by atoms with Gasteiger partial charge in [-0.15, -0.1) is 0 Å². The van der Waals surface area contributed by atoms with Gasteiger partial charge in [-0.1, -0.05) is 25.5 Å². The van der Waals surface area contributed by atoms with Gasteiger partial charge in [0, 0.05) is 0 Å². The highest BCUT2D eigenvalue weighted by atomic mass is 19.1. The zero-order valence-corrected chi connectivity index (χ0v) is 7.44. The Hall–Kier alpha value is -0.850. The summed E-state index contributed by atoms with van der Waals surface area (Å²) in [5.41, 5.74) is 1.69. The molecule has 0 heterocycles. The lowest BCUT2D eigenvalue weighted by Gasteiger charge is -2.02. The summed E-state index contributed by atoms with van der Waals surface area (Å²) in [5.74, 6) is -0.101. The van der Waals surface area contributed by atoms with E-state index in [4.69, 9.17) is 0 Å². The molecule has 1 radical (unpaired) electrons. The van der Waals surface area contributed by atoms with Gasteiger partial charge < -0.3 is 0 Å². The molecule has 0 atom stereocenters. The standard InChI is InChI=1S/C11H14F/c1-3-4-5-10-8-9(2)6-7-11(10)12/h6-8H,2-5H2,1H3. The predicted octanol–water partition coefficient (Wildman–Crippen LogP) is 3.35. The molecule has 1 rings (SSSR count). The number of unbranched alkanes of at least 4 members (excludes halogenated alkanes) is 1. The molecule has 0 aliphatic carbocycles. The van der Waals surface area contributed by atoms with E-state index in [1.54, 1.807) is 6.07 Å². The molecule has 1 heteroatoms. The molecule has 1 aromatic rings. The number of halogens is 1. The summed E-state index contributed by atoms with van der Waals surface area (Å²) in [6.07, 6.45) is 2.97. The van der Waals surface area contributed by atoms with Gasteiger partial charge in [0.2, 0.25) is 0 Å². The molecule has 0 nitrogen and oxygen atoms in total. The summed E-state index contributed by atoms with van der Waals surface area (Å²) in [7, 11) is 0. The lowest BCUT2D eigenvalue weighted by atomic mass is 10.1. The second kappa shape index (κ2) is 4.24. The van der Waals surface area contributed by atoms with E-state index in [1.165, 1.54) is 6.07 Å². The van der Waals surface area contributed by atoms with Crippen LogP contribution in [0.4, 0.5) is 4.39 Å². The summed E-state index contributed by atoms with van der Waals surface area (Å²) in [5, 5.41) is 0. The van der Waals surface area contributed by atoms with Gasteiger partial charge in [0.05, 0.1) is 0 Å². The minimum atomic E-state index is -0.101. The van der Waals surface area contributed by atoms with Crippen LogP contribution in [0.3, 0.4) is 0 Å². The summed E-state index contributed by atoms with van der Waals surface area (Å²) >= 11 is 0. The lowest BCUT2D eigenvalue weighted by molar-refractivity contribution is 0.603. The fourth-order valence-electron chi connectivity index (χ4n) is 1.19. The highest BCUT2D eigenvalue weighted by molar-refractivity contribution is 5.26. The van der Waals surface area contributed by atoms with Gasteiger partial charge in [-0.3, -0.25) is 0 Å². The number of aryl methyl sites for hydroxylation is 1. The molecule has 0 spiro atoms. The molecule has 0 bridgehead atoms. The molecule has 0 aromatic heterocycles. The first-order chi connectivity index (χ1) is 5.74. The van der Waals surface area contributed by atoms with Gasteiger partial charge >= 0.3 is 0 Å². The van der Waals surface area contributed by atoms with Crippen molar-refractivity contribution in [3.05, 3.63) is 42.1 Å². The second-order valence-corrected chi connectivity index (χ2v) is 3.03. The van der Waals surface area contributed by atoms with E-state index in [0.717, 1.165) is 30.4 Å². The fraction of sp³-hybridized carbons (Fsp3) is 0.364. The lowest BCUT2D eigenvalue weighted by Crippen LogP contribution is -1.90. The Kier molecular flexibility index (Phi) is 3.27. The van der Waals surface area contributed by atoms with Crippen LogP contribution in [0, 0.1) is 12.7 Å². The molecule has 0 saturated carbocycles. The van der Waals surface area contributed by atoms with Crippen molar-refractivity contribution in [2.45, 2.75) is 26.2 Å². The first kappa shape index (κ1) is 9.24. The smallest absolute Gasteiger partial charge is 0.126 e. The monoisotopic (exact) mass is 165 g/mol. The molecule has 0 saturated heterocycles. The van der Waals surface area contributed by atoms with Crippen molar-refractivity contribution in [3.8, 4) is 0 Å². The van der Waals surface area contributed by atoms with E-state index in [0.29, 0.717) is 0 Å². The highest BCUT2D eigenvalue weighted by Gasteiger charge is 2.00. The van der Waals surface area contributed by atoms with Gasteiger partial charge in [-0.05, 0) is 37.0 Å². The molecule has 0 amide bonds. The Morgan fingerprint density at radius 1 is 1.42 bits per heavy atom. The molecule has 1 aromatic carbocycles. The molecule has 0 unspecified atom stereocenters. The largest absolute Gasteiger partial charge is 0.207 e. The maximum atomic E-state index is 13.1. The maximum Gasteiger partial charge on any atom is 0.126 e. The van der Waals surface area contributed by atoms with Crippen LogP contribution >= 0.6 is 0 Å². The quantitative estimate of drug-likeness (QED) is 0.644. The van der Waals surface area contributed by atoms with Crippen LogP contribution in [-0.2, 0) is 6.42 Å². The molecule has 0 N–H and O–H groups in total. The Morgan fingerprint density at radius 2 is 2.17 bits per heavy atom. The van der Waals surface area contributed by atoms with E-state index in [2.05, 4.69) is 13.8 Å². The Bertz CT molecular complexity index is 253. The fourth-order valence-corrected chi connectivity index (χ4v) is 1.19. The van der Waals surface area contributed by atoms with E-state index in [-0.39, 0.29) is 5.82 Å². The topological polar surface area (TPSA) is 0 Å². The summed E-state index contributed by atoms with van der Waals surface area (Å²) in [4.78, 5) is 0. The van der Waals surface area contributed by atoms with Crippen LogP contribution < -0.4 is 0 Å². The first-order valence-corrected chi connectivity index (χ1v) is 4.34. The Balaban J connectivity index is 2.75. The van der Waals surface area contributed by atoms with E-state index < -0.39 is 0 Å². The van der Waals surface area contributed by atoms with Gasteiger partial charge in [-0.2, -0.15) is 0 Å². The van der Waals surface area contributed by atoms with E-state index in [9.17, 15) is 4.39 Å². The van der Waals surface area contributed by atoms with Crippen LogP contribution in [0.1, 0.15) is 30.9 Å². The van der Waals surface area contributed by atoms with Gasteiger partial charge in [-0.25, -0.2) is 4.39 Å². The zero-order valence-electron chi connectivity index (χ0n) is 7.44. The summed E-state index contributed by atoms with van der Waals surface area (Å²) < 4.78 is 13.1. The first-order valence-electron chi connectivity index (χ1n) is 4.34. The van der Waals surface area contributed by atoms with Crippen LogP contribution in [0.5, 0.6) is 0 Å². The molecule has 0 aliphatic heterocycles. The minimum absolute atomic E-state index is 0.101. The van der Waals surface area contributed by atoms with Gasteiger partial charge in [0.25, 0.3) is 0 Å². The normalized spacial score (nSPS) is 10.2. The molecule has 0 fully saturated rings. The van der Waals surface area contributed by atoms with Crippen molar-refractivity contribution >= 4 is 0 Å². The Morgan fingerprint density at radius 3 is 2.83 bits per heavy atom. The number of hydrogen-bond acceptors (Lipinski definition) is 0. The Labute approximate surface area is 73.4 Å². The van der Waals surface area contributed by atoms with Gasteiger partial charge in [0.15, 0.2) is 0 Å². The van der Waals surface area contributed by atoms with Crippen LogP contribution in [0.2, 0.25) is 0 Å². The van der Waals surface area contributed by atoms with Crippen molar-refractivity contribution < 1.29 is 4.39 Å². The zero-order chi connectivity index (χ0) is 8.97. The number of rotatable bonds is 3. The van der Waals surface area contributed by atoms with Gasteiger partial charge in [0.1, 0.15) is 5.82 Å². The van der Waals surface area contributed by atoms with E-state index >= 15 is 0 Å². The van der Waals surface area contributed by atoms with Crippen molar-refractivity contribution in [3.63, 3.8) is 0 Å². The molecule has 0 aliphatic rings. The summed E-state index contributed by atoms with van der Waals surface area (Å²) in [6.45, 7) is 5.87. The SMILES string of the molecule is [CH2]c1ccc(F)c(CCCC)c1. The van der Waals surface area contributed by atoms with Crippen LogP contribution in [0.25, 0.3) is 0 Å². The third-order valence-corrected chi connectivity index (χ3v) is 1.91. The minimum Gasteiger partial charge on any atom is -0.207 e.